The molecule has 2 aliphatic rings. The highest BCUT2D eigenvalue weighted by atomic mass is 32.2. The molecule has 0 N–H and O–H groups in total. The third-order valence-corrected chi connectivity index (χ3v) is 8.16. The van der Waals surface area contributed by atoms with Crippen LogP contribution in [0.3, 0.4) is 0 Å². The minimum atomic E-state index is -3.18. The van der Waals surface area contributed by atoms with Crippen LogP contribution in [0.1, 0.15) is 48.3 Å². The van der Waals surface area contributed by atoms with Gasteiger partial charge in [-0.2, -0.15) is 4.31 Å². The van der Waals surface area contributed by atoms with Crippen molar-refractivity contribution in [1.82, 2.24) is 9.21 Å². The van der Waals surface area contributed by atoms with Gasteiger partial charge in [0, 0.05) is 19.6 Å². The lowest BCUT2D eigenvalue weighted by Gasteiger charge is -2.32. The van der Waals surface area contributed by atoms with Gasteiger partial charge in [0.1, 0.15) is 11.5 Å². The number of fused-ring (bicyclic) bond motifs is 1. The average Bonchev–Trinajstić information content (AvgIpc) is 3.05. The standard InChI is InChI=1S/C26H36N2O4S/c1-31-25-9-6-22(7-10-25)23-12-16-27(17-13-23)14-4-18-32-26-11-8-21-5-3-15-28(33(2,29)30)20-24(21)19-26/h6-11,19,23H,3-5,12-18,20H2,1-2H3. The number of likely N-dealkylation sites (tertiary alicyclic amines) is 1. The normalized spacial score (nSPS) is 18.5. The van der Waals surface area contributed by atoms with Gasteiger partial charge in [-0.05, 0) is 92.1 Å². The van der Waals surface area contributed by atoms with E-state index in [1.54, 1.807) is 11.4 Å². The Kier molecular flexibility index (Phi) is 7.94. The van der Waals surface area contributed by atoms with Gasteiger partial charge in [0.25, 0.3) is 0 Å². The van der Waals surface area contributed by atoms with Gasteiger partial charge in [-0.3, -0.25) is 0 Å². The van der Waals surface area contributed by atoms with Crippen LogP contribution in [0.25, 0.3) is 0 Å². The Hall–Kier alpha value is -2.09. The summed E-state index contributed by atoms with van der Waals surface area (Å²) in [4.78, 5) is 2.53. The molecule has 0 aromatic heterocycles. The Morgan fingerprint density at radius 3 is 2.39 bits per heavy atom. The Labute approximate surface area is 198 Å². The van der Waals surface area contributed by atoms with Gasteiger partial charge in [0.2, 0.25) is 10.0 Å². The lowest BCUT2D eigenvalue weighted by Crippen LogP contribution is -2.34. The highest BCUT2D eigenvalue weighted by Gasteiger charge is 2.22. The maximum absolute atomic E-state index is 12.0. The zero-order chi connectivity index (χ0) is 23.3. The van der Waals surface area contributed by atoms with Gasteiger partial charge >= 0.3 is 0 Å². The topological polar surface area (TPSA) is 59.1 Å². The first-order chi connectivity index (χ1) is 15.9. The molecular weight excluding hydrogens is 436 g/mol. The Bertz CT molecular complexity index is 1020. The van der Waals surface area contributed by atoms with Crippen molar-refractivity contribution in [3.8, 4) is 11.5 Å². The molecule has 33 heavy (non-hydrogen) atoms. The number of hydrogen-bond acceptors (Lipinski definition) is 5. The summed E-state index contributed by atoms with van der Waals surface area (Å²) in [5.74, 6) is 2.38. The molecule has 0 amide bonds. The van der Waals surface area contributed by atoms with Crippen LogP contribution in [0.15, 0.2) is 42.5 Å². The number of aryl methyl sites for hydroxylation is 1. The van der Waals surface area contributed by atoms with Crippen molar-refractivity contribution in [3.63, 3.8) is 0 Å². The lowest BCUT2D eigenvalue weighted by molar-refractivity contribution is 0.193. The maximum atomic E-state index is 12.0. The van der Waals surface area contributed by atoms with Crippen LogP contribution in [-0.2, 0) is 23.0 Å². The minimum absolute atomic E-state index is 0.439. The van der Waals surface area contributed by atoms with Crippen molar-refractivity contribution >= 4 is 10.0 Å². The van der Waals surface area contributed by atoms with Crippen LogP contribution in [0.4, 0.5) is 0 Å². The molecule has 2 aromatic rings. The van der Waals surface area contributed by atoms with E-state index in [0.717, 1.165) is 56.0 Å². The highest BCUT2D eigenvalue weighted by Crippen LogP contribution is 2.29. The SMILES string of the molecule is COc1ccc(C2CCN(CCCOc3ccc4c(c3)CN(S(C)(=O)=O)CCC4)CC2)cc1. The summed E-state index contributed by atoms with van der Waals surface area (Å²) in [6.07, 6.45) is 6.42. The fourth-order valence-electron chi connectivity index (χ4n) is 4.93. The largest absolute Gasteiger partial charge is 0.497 e. The molecule has 7 heteroatoms. The van der Waals surface area contributed by atoms with E-state index < -0.39 is 10.0 Å². The van der Waals surface area contributed by atoms with E-state index in [2.05, 4.69) is 35.2 Å². The van der Waals surface area contributed by atoms with E-state index in [4.69, 9.17) is 9.47 Å². The summed E-state index contributed by atoms with van der Waals surface area (Å²) in [7, 11) is -1.48. The van der Waals surface area contributed by atoms with Gasteiger partial charge in [-0.1, -0.05) is 18.2 Å². The molecule has 1 saturated heterocycles. The summed E-state index contributed by atoms with van der Waals surface area (Å²) in [6.45, 7) is 4.98. The third-order valence-electron chi connectivity index (χ3n) is 6.91. The maximum Gasteiger partial charge on any atom is 0.211 e. The molecule has 4 rings (SSSR count). The summed E-state index contributed by atoms with van der Waals surface area (Å²) in [5.41, 5.74) is 3.71. The number of nitrogens with zero attached hydrogens (tertiary/aromatic N) is 2. The average molecular weight is 473 g/mol. The summed E-state index contributed by atoms with van der Waals surface area (Å²) < 4.78 is 36.9. The molecule has 6 nitrogen and oxygen atoms in total. The molecule has 0 radical (unpaired) electrons. The van der Waals surface area contributed by atoms with E-state index in [0.29, 0.717) is 25.6 Å². The number of piperidine rings is 1. The first kappa shape index (κ1) is 24.0. The second-order valence-corrected chi connectivity index (χ2v) is 11.2. The number of sulfonamides is 1. The van der Waals surface area contributed by atoms with E-state index in [1.165, 1.54) is 30.2 Å². The van der Waals surface area contributed by atoms with E-state index >= 15 is 0 Å². The van der Waals surface area contributed by atoms with E-state index in [9.17, 15) is 8.42 Å². The number of methoxy groups -OCH3 is 1. The quantitative estimate of drug-likeness (QED) is 0.543. The minimum Gasteiger partial charge on any atom is -0.497 e. The Balaban J connectivity index is 1.21. The smallest absolute Gasteiger partial charge is 0.211 e. The van der Waals surface area contributed by atoms with Gasteiger partial charge in [0.05, 0.1) is 20.0 Å². The fraction of sp³-hybridized carbons (Fsp3) is 0.538. The van der Waals surface area contributed by atoms with Crippen molar-refractivity contribution < 1.29 is 17.9 Å². The van der Waals surface area contributed by atoms with Gasteiger partial charge in [-0.25, -0.2) is 8.42 Å². The Morgan fingerprint density at radius 1 is 0.970 bits per heavy atom. The van der Waals surface area contributed by atoms with Gasteiger partial charge < -0.3 is 14.4 Å². The van der Waals surface area contributed by atoms with Crippen LogP contribution in [-0.4, -0.2) is 63.8 Å². The number of hydrogen-bond donors (Lipinski definition) is 0. The van der Waals surface area contributed by atoms with Crippen molar-refractivity contribution in [2.75, 3.05) is 46.2 Å². The zero-order valence-electron chi connectivity index (χ0n) is 19.8. The van der Waals surface area contributed by atoms with Crippen LogP contribution < -0.4 is 9.47 Å². The number of rotatable bonds is 8. The molecule has 0 spiro atoms. The molecule has 0 atom stereocenters. The molecule has 0 saturated carbocycles. The van der Waals surface area contributed by atoms with Crippen LogP contribution in [0.5, 0.6) is 11.5 Å². The Morgan fingerprint density at radius 2 is 1.70 bits per heavy atom. The highest BCUT2D eigenvalue weighted by molar-refractivity contribution is 7.88. The van der Waals surface area contributed by atoms with Crippen molar-refractivity contribution in [3.05, 3.63) is 59.2 Å². The van der Waals surface area contributed by atoms with Crippen molar-refractivity contribution in [2.45, 2.75) is 44.6 Å². The third kappa shape index (κ3) is 6.49. The zero-order valence-corrected chi connectivity index (χ0v) is 20.6. The van der Waals surface area contributed by atoms with E-state index in [1.807, 2.05) is 12.1 Å². The van der Waals surface area contributed by atoms with Gasteiger partial charge in [-0.15, -0.1) is 0 Å². The fourth-order valence-corrected chi connectivity index (χ4v) is 5.76. The number of ether oxygens (including phenoxy) is 2. The molecule has 0 unspecified atom stereocenters. The summed E-state index contributed by atoms with van der Waals surface area (Å²) in [5, 5.41) is 0. The molecule has 2 heterocycles. The summed E-state index contributed by atoms with van der Waals surface area (Å²) >= 11 is 0. The number of benzene rings is 2. The van der Waals surface area contributed by atoms with Crippen LogP contribution in [0.2, 0.25) is 0 Å². The first-order valence-electron chi connectivity index (χ1n) is 12.0. The predicted octanol–water partition coefficient (Wildman–Crippen LogP) is 4.05. The molecule has 0 aliphatic carbocycles. The lowest BCUT2D eigenvalue weighted by atomic mass is 9.89. The second-order valence-electron chi connectivity index (χ2n) is 9.22. The molecule has 1 fully saturated rings. The molecule has 180 valence electrons. The van der Waals surface area contributed by atoms with Crippen LogP contribution in [0, 0.1) is 0 Å². The van der Waals surface area contributed by atoms with Crippen molar-refractivity contribution in [2.24, 2.45) is 0 Å². The summed E-state index contributed by atoms with van der Waals surface area (Å²) in [6, 6.07) is 14.7. The second kappa shape index (κ2) is 10.9. The molecule has 2 aromatic carbocycles. The van der Waals surface area contributed by atoms with Crippen LogP contribution >= 0.6 is 0 Å². The van der Waals surface area contributed by atoms with Crippen molar-refractivity contribution in [1.29, 1.82) is 0 Å². The predicted molar refractivity (Wildman–Crippen MR) is 132 cm³/mol. The molecule has 2 aliphatic heterocycles. The van der Waals surface area contributed by atoms with Gasteiger partial charge in [0.15, 0.2) is 0 Å². The first-order valence-corrected chi connectivity index (χ1v) is 13.8. The molecular formula is C26H36N2O4S. The monoisotopic (exact) mass is 472 g/mol. The molecule has 0 bridgehead atoms. The van der Waals surface area contributed by atoms with E-state index in [-0.39, 0.29) is 0 Å².